The summed E-state index contributed by atoms with van der Waals surface area (Å²) in [5.74, 6) is -1.63. The van der Waals surface area contributed by atoms with Crippen LogP contribution in [0.2, 0.25) is 0 Å². The van der Waals surface area contributed by atoms with Gasteiger partial charge in [-0.05, 0) is 30.9 Å². The SMILES string of the molecule is Cc1cc([N+](=O)[O-])ccc1C(=O)N1CC(C)CC(C(=O)O)C1. The number of hydrogen-bond donors (Lipinski definition) is 1. The van der Waals surface area contributed by atoms with E-state index in [1.807, 2.05) is 6.92 Å². The maximum absolute atomic E-state index is 12.6. The Labute approximate surface area is 127 Å². The van der Waals surface area contributed by atoms with Crippen LogP contribution in [0, 0.1) is 28.9 Å². The van der Waals surface area contributed by atoms with Gasteiger partial charge in [-0.2, -0.15) is 0 Å². The largest absolute Gasteiger partial charge is 0.481 e. The second kappa shape index (κ2) is 6.13. The minimum atomic E-state index is -0.898. The molecular formula is C15H18N2O5. The van der Waals surface area contributed by atoms with Crippen molar-refractivity contribution in [1.29, 1.82) is 0 Å². The van der Waals surface area contributed by atoms with E-state index in [-0.39, 0.29) is 24.1 Å². The number of benzene rings is 1. The number of aryl methyl sites for hydroxylation is 1. The Balaban J connectivity index is 2.23. The number of carbonyl (C=O) groups is 2. The van der Waals surface area contributed by atoms with E-state index in [4.69, 9.17) is 5.11 Å². The highest BCUT2D eigenvalue weighted by Crippen LogP contribution is 2.25. The van der Waals surface area contributed by atoms with E-state index in [9.17, 15) is 19.7 Å². The van der Waals surface area contributed by atoms with Crippen molar-refractivity contribution in [3.05, 3.63) is 39.4 Å². The summed E-state index contributed by atoms with van der Waals surface area (Å²) in [6.45, 7) is 4.23. The number of non-ortho nitro benzene ring substituents is 1. The van der Waals surface area contributed by atoms with E-state index in [1.54, 1.807) is 6.92 Å². The molecule has 0 radical (unpaired) electrons. The summed E-state index contributed by atoms with van der Waals surface area (Å²) in [7, 11) is 0. The quantitative estimate of drug-likeness (QED) is 0.680. The fraction of sp³-hybridized carbons (Fsp3) is 0.467. The third-order valence-corrected chi connectivity index (χ3v) is 3.95. The van der Waals surface area contributed by atoms with Crippen molar-refractivity contribution in [2.45, 2.75) is 20.3 Å². The third-order valence-electron chi connectivity index (χ3n) is 3.95. The van der Waals surface area contributed by atoms with E-state index in [2.05, 4.69) is 0 Å². The Bertz CT molecular complexity index is 628. The Morgan fingerprint density at radius 1 is 1.36 bits per heavy atom. The lowest BCUT2D eigenvalue weighted by Gasteiger charge is -2.35. The van der Waals surface area contributed by atoms with Crippen molar-refractivity contribution in [3.63, 3.8) is 0 Å². The molecule has 0 spiro atoms. The first-order chi connectivity index (χ1) is 10.3. The number of likely N-dealkylation sites (tertiary alicyclic amines) is 1. The van der Waals surface area contributed by atoms with E-state index in [0.717, 1.165) is 0 Å². The van der Waals surface area contributed by atoms with Crippen molar-refractivity contribution in [1.82, 2.24) is 4.90 Å². The van der Waals surface area contributed by atoms with E-state index < -0.39 is 16.8 Å². The number of aliphatic carboxylic acids is 1. The second-order valence-electron chi connectivity index (χ2n) is 5.84. The van der Waals surface area contributed by atoms with Gasteiger partial charge in [-0.3, -0.25) is 19.7 Å². The summed E-state index contributed by atoms with van der Waals surface area (Å²) < 4.78 is 0. The molecule has 1 aliphatic rings. The number of hydrogen-bond acceptors (Lipinski definition) is 4. The van der Waals surface area contributed by atoms with E-state index in [0.29, 0.717) is 24.1 Å². The van der Waals surface area contributed by atoms with Crippen LogP contribution in [0.25, 0.3) is 0 Å². The number of nitro groups is 1. The fourth-order valence-corrected chi connectivity index (χ4v) is 2.87. The summed E-state index contributed by atoms with van der Waals surface area (Å²) in [5.41, 5.74) is 0.831. The van der Waals surface area contributed by atoms with E-state index >= 15 is 0 Å². The highest BCUT2D eigenvalue weighted by atomic mass is 16.6. The molecule has 7 nitrogen and oxygen atoms in total. The van der Waals surface area contributed by atoms with Crippen molar-refractivity contribution >= 4 is 17.6 Å². The van der Waals surface area contributed by atoms with Gasteiger partial charge in [0.25, 0.3) is 11.6 Å². The molecule has 1 heterocycles. The number of amides is 1. The first-order valence-electron chi connectivity index (χ1n) is 7.06. The lowest BCUT2D eigenvalue weighted by Crippen LogP contribution is -2.45. The Kier molecular flexibility index (Phi) is 4.44. The topological polar surface area (TPSA) is 101 Å². The van der Waals surface area contributed by atoms with Gasteiger partial charge in [0.1, 0.15) is 0 Å². The van der Waals surface area contributed by atoms with Gasteiger partial charge in [0, 0.05) is 30.8 Å². The maximum Gasteiger partial charge on any atom is 0.308 e. The molecule has 2 atom stereocenters. The van der Waals surface area contributed by atoms with Crippen LogP contribution in [0.5, 0.6) is 0 Å². The molecule has 1 fully saturated rings. The minimum absolute atomic E-state index is 0.0653. The molecule has 1 aromatic carbocycles. The fourth-order valence-electron chi connectivity index (χ4n) is 2.87. The molecule has 1 amide bonds. The molecule has 1 aromatic rings. The molecule has 2 rings (SSSR count). The zero-order chi connectivity index (χ0) is 16.4. The van der Waals surface area contributed by atoms with Gasteiger partial charge in [-0.25, -0.2) is 0 Å². The summed E-state index contributed by atoms with van der Waals surface area (Å²) >= 11 is 0. The average Bonchev–Trinajstić information content (AvgIpc) is 2.45. The molecule has 0 bridgehead atoms. The molecule has 0 aliphatic carbocycles. The van der Waals surface area contributed by atoms with Crippen molar-refractivity contribution < 1.29 is 19.6 Å². The lowest BCUT2D eigenvalue weighted by molar-refractivity contribution is -0.384. The molecule has 118 valence electrons. The van der Waals surface area contributed by atoms with Gasteiger partial charge in [0.2, 0.25) is 0 Å². The molecule has 2 unspecified atom stereocenters. The van der Waals surface area contributed by atoms with Gasteiger partial charge in [-0.1, -0.05) is 6.92 Å². The number of carboxylic acid groups (broad SMARTS) is 1. The van der Waals surface area contributed by atoms with Crippen molar-refractivity contribution in [3.8, 4) is 0 Å². The number of piperidine rings is 1. The summed E-state index contributed by atoms with van der Waals surface area (Å²) in [6.07, 6.45) is 0.554. The Morgan fingerprint density at radius 3 is 2.59 bits per heavy atom. The highest BCUT2D eigenvalue weighted by Gasteiger charge is 2.32. The average molecular weight is 306 g/mol. The van der Waals surface area contributed by atoms with Crippen LogP contribution in [-0.4, -0.2) is 39.9 Å². The highest BCUT2D eigenvalue weighted by molar-refractivity contribution is 5.96. The van der Waals surface area contributed by atoms with Crippen LogP contribution in [0.3, 0.4) is 0 Å². The van der Waals surface area contributed by atoms with Crippen LogP contribution in [0.1, 0.15) is 29.3 Å². The van der Waals surface area contributed by atoms with Gasteiger partial charge >= 0.3 is 5.97 Å². The Hall–Kier alpha value is -2.44. The van der Waals surface area contributed by atoms with Crippen molar-refractivity contribution in [2.75, 3.05) is 13.1 Å². The summed E-state index contributed by atoms with van der Waals surface area (Å²) in [5, 5.41) is 19.9. The Morgan fingerprint density at radius 2 is 2.05 bits per heavy atom. The molecule has 0 saturated carbocycles. The number of nitro benzene ring substituents is 1. The van der Waals surface area contributed by atoms with Crippen LogP contribution in [0.15, 0.2) is 18.2 Å². The van der Waals surface area contributed by atoms with Crippen LogP contribution in [-0.2, 0) is 4.79 Å². The normalized spacial score (nSPS) is 21.5. The van der Waals surface area contributed by atoms with Crippen molar-refractivity contribution in [2.24, 2.45) is 11.8 Å². The maximum atomic E-state index is 12.6. The smallest absolute Gasteiger partial charge is 0.308 e. The predicted octanol–water partition coefficient (Wildman–Crippen LogP) is 2.09. The zero-order valence-corrected chi connectivity index (χ0v) is 12.5. The molecule has 7 heteroatoms. The van der Waals surface area contributed by atoms with E-state index in [1.165, 1.54) is 23.1 Å². The molecule has 1 N–H and O–H groups in total. The zero-order valence-electron chi connectivity index (χ0n) is 12.5. The molecule has 22 heavy (non-hydrogen) atoms. The molecular weight excluding hydrogens is 288 g/mol. The summed E-state index contributed by atoms with van der Waals surface area (Å²) in [6, 6.07) is 4.09. The number of carbonyl (C=O) groups excluding carboxylic acids is 1. The van der Waals surface area contributed by atoms with Crippen LogP contribution < -0.4 is 0 Å². The first-order valence-corrected chi connectivity index (χ1v) is 7.06. The summed E-state index contributed by atoms with van der Waals surface area (Å²) in [4.78, 5) is 35.5. The standard InChI is InChI=1S/C15H18N2O5/c1-9-5-11(15(19)20)8-16(7-9)14(18)13-4-3-12(17(21)22)6-10(13)2/h3-4,6,9,11H,5,7-8H2,1-2H3,(H,19,20). The first kappa shape index (κ1) is 15.9. The van der Waals surface area contributed by atoms with Gasteiger partial charge in [0.05, 0.1) is 10.8 Å². The molecule has 0 aromatic heterocycles. The lowest BCUT2D eigenvalue weighted by atomic mass is 9.90. The predicted molar refractivity (Wildman–Crippen MR) is 78.6 cm³/mol. The second-order valence-corrected chi connectivity index (χ2v) is 5.84. The van der Waals surface area contributed by atoms with Gasteiger partial charge in [0.15, 0.2) is 0 Å². The monoisotopic (exact) mass is 306 g/mol. The van der Waals surface area contributed by atoms with Crippen LogP contribution >= 0.6 is 0 Å². The number of rotatable bonds is 3. The number of carboxylic acids is 1. The number of nitrogens with zero attached hydrogens (tertiary/aromatic N) is 2. The molecule has 1 aliphatic heterocycles. The van der Waals surface area contributed by atoms with Crippen LogP contribution in [0.4, 0.5) is 5.69 Å². The van der Waals surface area contributed by atoms with Gasteiger partial charge in [-0.15, -0.1) is 0 Å². The third kappa shape index (κ3) is 3.24. The minimum Gasteiger partial charge on any atom is -0.481 e. The van der Waals surface area contributed by atoms with Gasteiger partial charge < -0.3 is 10.0 Å². The molecule has 1 saturated heterocycles.